The predicted octanol–water partition coefficient (Wildman–Crippen LogP) is 3.81. The van der Waals surface area contributed by atoms with Crippen LogP contribution in [0.3, 0.4) is 0 Å². The number of nitrogens with zero attached hydrogens (tertiary/aromatic N) is 2. The topological polar surface area (TPSA) is 86.5 Å². The second-order valence-electron chi connectivity index (χ2n) is 6.38. The summed E-state index contributed by atoms with van der Waals surface area (Å²) in [6.07, 6.45) is 0.692. The molecule has 0 fully saturated rings. The van der Waals surface area contributed by atoms with Crippen molar-refractivity contribution < 1.29 is 18.8 Å². The second-order valence-corrected chi connectivity index (χ2v) is 6.38. The zero-order valence-electron chi connectivity index (χ0n) is 16.9. The summed E-state index contributed by atoms with van der Waals surface area (Å²) in [5, 5.41) is 6.71. The molecule has 1 aromatic heterocycles. The Morgan fingerprint density at radius 2 is 1.76 bits per heavy atom. The fraction of sp³-hybridized carbons (Fsp3) is 0.318. The van der Waals surface area contributed by atoms with Crippen LogP contribution in [-0.4, -0.2) is 35.8 Å². The predicted molar refractivity (Wildman–Crippen MR) is 109 cm³/mol. The van der Waals surface area contributed by atoms with E-state index in [1.54, 1.807) is 31.2 Å². The molecule has 152 valence electrons. The molecule has 1 amide bonds. The molecule has 0 radical (unpaired) electrons. The van der Waals surface area contributed by atoms with E-state index in [-0.39, 0.29) is 5.91 Å². The molecular weight excluding hydrogens is 370 g/mol. The van der Waals surface area contributed by atoms with E-state index in [2.05, 4.69) is 15.5 Å². The maximum absolute atomic E-state index is 12.4. The summed E-state index contributed by atoms with van der Waals surface area (Å²) in [4.78, 5) is 16.6. The highest BCUT2D eigenvalue weighted by atomic mass is 16.5. The fourth-order valence-electron chi connectivity index (χ4n) is 2.85. The molecule has 0 unspecified atom stereocenters. The quantitative estimate of drug-likeness (QED) is 0.593. The van der Waals surface area contributed by atoms with E-state index >= 15 is 0 Å². The van der Waals surface area contributed by atoms with Crippen molar-refractivity contribution >= 4 is 5.91 Å². The van der Waals surface area contributed by atoms with Crippen molar-refractivity contribution in [1.82, 2.24) is 15.5 Å². The molecule has 2 aromatic carbocycles. The van der Waals surface area contributed by atoms with E-state index in [1.165, 1.54) is 0 Å². The monoisotopic (exact) mass is 395 g/mol. The normalized spacial score (nSPS) is 10.6. The Morgan fingerprint density at radius 3 is 2.41 bits per heavy atom. The number of nitrogens with one attached hydrogen (secondary N) is 1. The Balaban J connectivity index is 1.56. The van der Waals surface area contributed by atoms with Gasteiger partial charge in [0.05, 0.1) is 13.2 Å². The Hall–Kier alpha value is -3.35. The van der Waals surface area contributed by atoms with Gasteiger partial charge in [-0.2, -0.15) is 4.98 Å². The Bertz CT molecular complexity index is 951. The number of ether oxygens (including phenoxy) is 2. The average molecular weight is 395 g/mol. The first kappa shape index (κ1) is 20.4. The van der Waals surface area contributed by atoms with Crippen molar-refractivity contribution in [2.45, 2.75) is 27.2 Å². The molecule has 29 heavy (non-hydrogen) atoms. The van der Waals surface area contributed by atoms with E-state index in [9.17, 15) is 4.79 Å². The van der Waals surface area contributed by atoms with E-state index in [0.29, 0.717) is 43.5 Å². The van der Waals surface area contributed by atoms with E-state index in [1.807, 2.05) is 32.0 Å². The number of benzene rings is 2. The molecular formula is C22H25N3O4. The third kappa shape index (κ3) is 5.34. The van der Waals surface area contributed by atoms with E-state index in [0.717, 1.165) is 22.6 Å². The molecule has 7 nitrogen and oxygen atoms in total. The Labute approximate surface area is 170 Å². The zero-order valence-corrected chi connectivity index (χ0v) is 16.9. The standard InChI is InChI=1S/C22H25N3O4/c1-4-27-19-11-6-16(14-20(19)28-5-2)12-13-23-21(26)17-7-9-18(10-8-17)22-24-15(3)25-29-22/h6-11,14H,4-5,12-13H2,1-3H3,(H,23,26). The van der Waals surface area contributed by atoms with Crippen molar-refractivity contribution in [3.63, 3.8) is 0 Å². The van der Waals surface area contributed by atoms with Gasteiger partial charge in [0, 0.05) is 17.7 Å². The van der Waals surface area contributed by atoms with Crippen molar-refractivity contribution in [2.75, 3.05) is 19.8 Å². The molecule has 3 aromatic rings. The number of hydrogen-bond donors (Lipinski definition) is 1. The molecule has 0 aliphatic carbocycles. The van der Waals surface area contributed by atoms with Gasteiger partial charge in [0.2, 0.25) is 0 Å². The van der Waals surface area contributed by atoms with Gasteiger partial charge in [0.15, 0.2) is 17.3 Å². The third-order valence-corrected chi connectivity index (χ3v) is 4.23. The zero-order chi connectivity index (χ0) is 20.6. The molecule has 7 heteroatoms. The minimum absolute atomic E-state index is 0.130. The minimum atomic E-state index is -0.130. The molecule has 0 aliphatic rings. The van der Waals surface area contributed by atoms with Gasteiger partial charge in [-0.1, -0.05) is 11.2 Å². The van der Waals surface area contributed by atoms with Crippen molar-refractivity contribution in [3.05, 3.63) is 59.4 Å². The molecule has 1 N–H and O–H groups in total. The number of carbonyl (C=O) groups excluding carboxylic acids is 1. The number of aryl methyl sites for hydroxylation is 1. The number of hydrogen-bond acceptors (Lipinski definition) is 6. The highest BCUT2D eigenvalue weighted by Gasteiger charge is 2.10. The molecule has 0 spiro atoms. The number of aromatic nitrogens is 2. The van der Waals surface area contributed by atoms with Crippen LogP contribution >= 0.6 is 0 Å². The van der Waals surface area contributed by atoms with Gasteiger partial charge in [0.25, 0.3) is 11.8 Å². The summed E-state index contributed by atoms with van der Waals surface area (Å²) in [7, 11) is 0. The summed E-state index contributed by atoms with van der Waals surface area (Å²) in [5.41, 5.74) is 2.42. The van der Waals surface area contributed by atoms with Crippen LogP contribution in [0.4, 0.5) is 0 Å². The van der Waals surface area contributed by atoms with Crippen molar-refractivity contribution in [2.24, 2.45) is 0 Å². The maximum Gasteiger partial charge on any atom is 0.257 e. The minimum Gasteiger partial charge on any atom is -0.490 e. The van der Waals surface area contributed by atoms with Gasteiger partial charge >= 0.3 is 0 Å². The van der Waals surface area contributed by atoms with E-state index < -0.39 is 0 Å². The number of rotatable bonds is 9. The van der Waals surface area contributed by atoms with Gasteiger partial charge < -0.3 is 19.3 Å². The van der Waals surface area contributed by atoms with Crippen LogP contribution in [0.5, 0.6) is 11.5 Å². The lowest BCUT2D eigenvalue weighted by Crippen LogP contribution is -2.25. The second kappa shape index (κ2) is 9.73. The molecule has 0 saturated heterocycles. The lowest BCUT2D eigenvalue weighted by molar-refractivity contribution is 0.0954. The highest BCUT2D eigenvalue weighted by molar-refractivity contribution is 5.94. The molecule has 0 saturated carbocycles. The fourth-order valence-corrected chi connectivity index (χ4v) is 2.85. The maximum atomic E-state index is 12.4. The lowest BCUT2D eigenvalue weighted by Gasteiger charge is -2.12. The Morgan fingerprint density at radius 1 is 1.03 bits per heavy atom. The number of amides is 1. The summed E-state index contributed by atoms with van der Waals surface area (Å²) in [5.74, 6) is 2.34. The van der Waals surface area contributed by atoms with Gasteiger partial charge in [-0.25, -0.2) is 0 Å². The van der Waals surface area contributed by atoms with Gasteiger partial charge in [0.1, 0.15) is 0 Å². The van der Waals surface area contributed by atoms with Crippen molar-refractivity contribution in [3.8, 4) is 23.0 Å². The SMILES string of the molecule is CCOc1ccc(CCNC(=O)c2ccc(-c3nc(C)no3)cc2)cc1OCC. The number of carbonyl (C=O) groups is 1. The molecule has 0 bridgehead atoms. The van der Waals surface area contributed by atoms with Crippen LogP contribution in [0.1, 0.15) is 35.6 Å². The van der Waals surface area contributed by atoms with Gasteiger partial charge in [-0.05, 0) is 69.2 Å². The van der Waals surface area contributed by atoms with Crippen LogP contribution in [0.15, 0.2) is 47.0 Å². The lowest BCUT2D eigenvalue weighted by atomic mass is 10.1. The van der Waals surface area contributed by atoms with Gasteiger partial charge in [-0.3, -0.25) is 4.79 Å². The molecule has 3 rings (SSSR count). The highest BCUT2D eigenvalue weighted by Crippen LogP contribution is 2.28. The molecule has 0 atom stereocenters. The summed E-state index contributed by atoms with van der Waals surface area (Å²) in [6.45, 7) is 7.31. The van der Waals surface area contributed by atoms with Crippen molar-refractivity contribution in [1.29, 1.82) is 0 Å². The summed E-state index contributed by atoms with van der Waals surface area (Å²) >= 11 is 0. The van der Waals surface area contributed by atoms with Crippen LogP contribution in [0.25, 0.3) is 11.5 Å². The summed E-state index contributed by atoms with van der Waals surface area (Å²) < 4.78 is 16.4. The van der Waals surface area contributed by atoms with Crippen LogP contribution in [0.2, 0.25) is 0 Å². The first-order valence-corrected chi connectivity index (χ1v) is 9.68. The van der Waals surface area contributed by atoms with Crippen LogP contribution in [-0.2, 0) is 6.42 Å². The largest absolute Gasteiger partial charge is 0.490 e. The molecule has 0 aliphatic heterocycles. The molecule has 1 heterocycles. The summed E-state index contributed by atoms with van der Waals surface area (Å²) in [6, 6.07) is 12.9. The van der Waals surface area contributed by atoms with Crippen LogP contribution < -0.4 is 14.8 Å². The first-order chi connectivity index (χ1) is 14.1. The third-order valence-electron chi connectivity index (χ3n) is 4.23. The average Bonchev–Trinajstić information content (AvgIpc) is 3.16. The Kier molecular flexibility index (Phi) is 6.84. The van der Waals surface area contributed by atoms with Gasteiger partial charge in [-0.15, -0.1) is 0 Å². The van der Waals surface area contributed by atoms with E-state index in [4.69, 9.17) is 14.0 Å². The van der Waals surface area contributed by atoms with Crippen LogP contribution in [0, 0.1) is 6.92 Å². The smallest absolute Gasteiger partial charge is 0.257 e. The first-order valence-electron chi connectivity index (χ1n) is 9.68.